The molecule has 242 valence electrons. The van der Waals surface area contributed by atoms with Gasteiger partial charge in [-0.2, -0.15) is 0 Å². The topological polar surface area (TPSA) is 172 Å². The number of rotatable bonds is 2. The number of aromatic nitrogens is 2. The highest BCUT2D eigenvalue weighted by Gasteiger charge is 2.21. The van der Waals surface area contributed by atoms with Crippen molar-refractivity contribution in [1.82, 2.24) is 9.13 Å². The van der Waals surface area contributed by atoms with Crippen LogP contribution in [0.3, 0.4) is 0 Å². The lowest BCUT2D eigenvalue weighted by molar-refractivity contribution is 0.404. The van der Waals surface area contributed by atoms with Gasteiger partial charge in [0.25, 0.3) is 0 Å². The van der Waals surface area contributed by atoms with Crippen LogP contribution in [-0.2, 0) is 0 Å². The molecule has 0 aliphatic heterocycles. The summed E-state index contributed by atoms with van der Waals surface area (Å²) in [5, 5.41) is 91.2. The summed E-state index contributed by atoms with van der Waals surface area (Å²) in [5.74, 6) is -2.41. The second-order valence-corrected chi connectivity index (χ2v) is 12.8. The Kier molecular flexibility index (Phi) is 5.15. The molecule has 0 aliphatic rings. The molecule has 2 aromatic heterocycles. The molecule has 0 unspecified atom stereocenters. The maximum absolute atomic E-state index is 10.5. The summed E-state index contributed by atoms with van der Waals surface area (Å²) in [6.45, 7) is 0. The fourth-order valence-electron chi connectivity index (χ4n) is 7.75. The second kappa shape index (κ2) is 9.24. The molecule has 10 aromatic rings. The fourth-order valence-corrected chi connectivity index (χ4v) is 7.75. The van der Waals surface area contributed by atoms with E-state index in [4.69, 9.17) is 0 Å². The maximum Gasteiger partial charge on any atom is 0.159 e. The van der Waals surface area contributed by atoms with Crippen LogP contribution >= 0.6 is 0 Å². The van der Waals surface area contributed by atoms with Crippen LogP contribution in [-0.4, -0.2) is 50.0 Å². The van der Waals surface area contributed by atoms with Gasteiger partial charge in [0.1, 0.15) is 0 Å². The average molecular weight is 661 g/mol. The Morgan fingerprint density at radius 3 is 0.740 bits per heavy atom. The molecule has 0 atom stereocenters. The molecule has 0 saturated carbocycles. The van der Waals surface area contributed by atoms with Crippen molar-refractivity contribution in [1.29, 1.82) is 0 Å². The molecule has 0 aliphatic carbocycles. The molecule has 10 heteroatoms. The van der Waals surface area contributed by atoms with Crippen molar-refractivity contribution in [3.05, 3.63) is 97.1 Å². The predicted molar refractivity (Wildman–Crippen MR) is 192 cm³/mol. The number of phenolic OH excluding ortho intramolecular Hbond substituents is 8. The molecule has 0 fully saturated rings. The lowest BCUT2D eigenvalue weighted by Gasteiger charge is -2.17. The minimum Gasteiger partial charge on any atom is -0.504 e. The summed E-state index contributed by atoms with van der Waals surface area (Å²) in [6.07, 6.45) is 0. The molecule has 8 aromatic carbocycles. The molecular weight excluding hydrogens is 636 g/mol. The SMILES string of the molecule is Oc1cc2c3cc(O)c(O)cc3n(-c3cc4ccc5cc(-n6c7cc(O)c(O)cc7c7cc(O)c(O)cc76)cc6ccc(c3)c4c56)c2cc1O. The minimum absolute atomic E-state index is 0.300. The third-order valence-corrected chi connectivity index (χ3v) is 9.94. The molecule has 0 amide bonds. The van der Waals surface area contributed by atoms with Gasteiger partial charge in [-0.3, -0.25) is 0 Å². The normalized spacial score (nSPS) is 12.2. The van der Waals surface area contributed by atoms with Crippen molar-refractivity contribution >= 4 is 75.9 Å². The molecule has 50 heavy (non-hydrogen) atoms. The summed E-state index contributed by atoms with van der Waals surface area (Å²) in [4.78, 5) is 0. The van der Waals surface area contributed by atoms with E-state index >= 15 is 0 Å². The Morgan fingerprint density at radius 1 is 0.280 bits per heavy atom. The van der Waals surface area contributed by atoms with Gasteiger partial charge in [0.05, 0.1) is 22.1 Å². The average Bonchev–Trinajstić information content (AvgIpc) is 3.54. The van der Waals surface area contributed by atoms with Gasteiger partial charge in [0, 0.05) is 57.2 Å². The van der Waals surface area contributed by atoms with Crippen molar-refractivity contribution in [2.24, 2.45) is 0 Å². The van der Waals surface area contributed by atoms with Crippen molar-refractivity contribution in [2.45, 2.75) is 0 Å². The van der Waals surface area contributed by atoms with E-state index < -0.39 is 0 Å². The maximum atomic E-state index is 10.5. The number of aromatic hydroxyl groups is 8. The summed E-state index contributed by atoms with van der Waals surface area (Å²) in [6, 6.07) is 27.7. The summed E-state index contributed by atoms with van der Waals surface area (Å²) in [7, 11) is 0. The van der Waals surface area contributed by atoms with Gasteiger partial charge in [-0.05, 0) is 80.8 Å². The van der Waals surface area contributed by atoms with Gasteiger partial charge in [-0.1, -0.05) is 24.3 Å². The van der Waals surface area contributed by atoms with Gasteiger partial charge >= 0.3 is 0 Å². The minimum atomic E-state index is -0.301. The Morgan fingerprint density at radius 2 is 0.500 bits per heavy atom. The first-order valence-electron chi connectivity index (χ1n) is 15.6. The molecule has 10 nitrogen and oxygen atoms in total. The predicted octanol–water partition coefficient (Wildman–Crippen LogP) is 8.42. The number of hydrogen-bond acceptors (Lipinski definition) is 8. The molecule has 10 rings (SSSR count). The van der Waals surface area contributed by atoms with Crippen LogP contribution in [0.25, 0.3) is 87.3 Å². The first kappa shape index (κ1) is 27.9. The Bertz CT molecular complexity index is 2730. The van der Waals surface area contributed by atoms with Gasteiger partial charge in [0.2, 0.25) is 0 Å². The molecular formula is C40H24N2O8. The van der Waals surface area contributed by atoms with Crippen LogP contribution in [0, 0.1) is 0 Å². The van der Waals surface area contributed by atoms with E-state index in [1.54, 1.807) is 0 Å². The Labute approximate surface area is 279 Å². The van der Waals surface area contributed by atoms with Crippen LogP contribution < -0.4 is 0 Å². The van der Waals surface area contributed by atoms with E-state index in [1.165, 1.54) is 48.5 Å². The lowest BCUT2D eigenvalue weighted by atomic mass is 9.93. The molecule has 0 radical (unpaired) electrons. The van der Waals surface area contributed by atoms with Gasteiger partial charge in [-0.15, -0.1) is 0 Å². The van der Waals surface area contributed by atoms with Crippen LogP contribution in [0.4, 0.5) is 0 Å². The highest BCUT2D eigenvalue weighted by atomic mass is 16.3. The van der Waals surface area contributed by atoms with Crippen molar-refractivity contribution < 1.29 is 40.9 Å². The Hall–Kier alpha value is -7.20. The van der Waals surface area contributed by atoms with Crippen LogP contribution in [0.5, 0.6) is 46.0 Å². The lowest BCUT2D eigenvalue weighted by Crippen LogP contribution is -1.97. The zero-order valence-corrected chi connectivity index (χ0v) is 25.7. The number of benzene rings is 8. The number of phenols is 8. The smallest absolute Gasteiger partial charge is 0.159 e. The highest BCUT2D eigenvalue weighted by Crippen LogP contribution is 2.46. The summed E-state index contributed by atoms with van der Waals surface area (Å²) >= 11 is 0. The van der Waals surface area contributed by atoms with Crippen molar-refractivity contribution in [2.75, 3.05) is 0 Å². The van der Waals surface area contributed by atoms with E-state index in [2.05, 4.69) is 0 Å². The zero-order chi connectivity index (χ0) is 34.3. The second-order valence-electron chi connectivity index (χ2n) is 12.8. The quantitative estimate of drug-likeness (QED) is 0.0674. The molecule has 0 spiro atoms. The van der Waals surface area contributed by atoms with E-state index in [-0.39, 0.29) is 46.0 Å². The van der Waals surface area contributed by atoms with Crippen LogP contribution in [0.1, 0.15) is 0 Å². The van der Waals surface area contributed by atoms with E-state index in [9.17, 15) is 40.9 Å². The summed E-state index contributed by atoms with van der Waals surface area (Å²) < 4.78 is 3.75. The molecule has 0 bridgehead atoms. The molecule has 8 N–H and O–H groups in total. The van der Waals surface area contributed by atoms with Crippen molar-refractivity contribution in [3.8, 4) is 57.4 Å². The third kappa shape index (κ3) is 3.56. The van der Waals surface area contributed by atoms with Crippen LogP contribution in [0.15, 0.2) is 97.1 Å². The number of nitrogens with zero attached hydrogens (tertiary/aromatic N) is 2. The van der Waals surface area contributed by atoms with Gasteiger partial charge in [-0.25, -0.2) is 0 Å². The van der Waals surface area contributed by atoms with Gasteiger partial charge < -0.3 is 50.0 Å². The first-order chi connectivity index (χ1) is 24.0. The van der Waals surface area contributed by atoms with Gasteiger partial charge in [0.15, 0.2) is 46.0 Å². The number of fused-ring (bicyclic) bond motifs is 6. The molecule has 0 saturated heterocycles. The van der Waals surface area contributed by atoms with Crippen LogP contribution in [0.2, 0.25) is 0 Å². The number of hydrogen-bond donors (Lipinski definition) is 8. The van der Waals surface area contributed by atoms with E-state index in [0.29, 0.717) is 43.6 Å². The third-order valence-electron chi connectivity index (χ3n) is 9.94. The molecule has 2 heterocycles. The van der Waals surface area contributed by atoms with E-state index in [1.807, 2.05) is 57.7 Å². The first-order valence-corrected chi connectivity index (χ1v) is 15.6. The fraction of sp³-hybridized carbons (Fsp3) is 0. The van der Waals surface area contributed by atoms with E-state index in [0.717, 1.165) is 43.7 Å². The Balaban J connectivity index is 1.23. The highest BCUT2D eigenvalue weighted by molar-refractivity contribution is 6.24. The van der Waals surface area contributed by atoms with Crippen molar-refractivity contribution in [3.63, 3.8) is 0 Å². The largest absolute Gasteiger partial charge is 0.504 e. The zero-order valence-electron chi connectivity index (χ0n) is 25.7. The monoisotopic (exact) mass is 660 g/mol. The summed E-state index contributed by atoms with van der Waals surface area (Å²) in [5.41, 5.74) is 3.77. The standard InChI is InChI=1S/C40H24N2O8/c43-31-9-23-24-10-32(44)36(48)14-28(24)41(27(23)13-35(31)47)21-5-17-1-2-18-6-22(8-20-4-3-19(7-21)39(17)40(18)20)42-29-15-37(49)33(45)11-25(29)26-12-34(46)38(50)16-30(26)42/h1-16,43-50H.